The van der Waals surface area contributed by atoms with Crippen LogP contribution in [0.1, 0.15) is 88.4 Å². The monoisotopic (exact) mass is 510 g/mol. The lowest BCUT2D eigenvalue weighted by atomic mass is 10.1. The number of benzene rings is 2. The summed E-state index contributed by atoms with van der Waals surface area (Å²) in [7, 11) is 0. The zero-order chi connectivity index (χ0) is 26.7. The van der Waals surface area contributed by atoms with Crippen LogP contribution in [0.3, 0.4) is 0 Å². The van der Waals surface area contributed by atoms with Gasteiger partial charge in [0.15, 0.2) is 0 Å². The van der Waals surface area contributed by atoms with Gasteiger partial charge < -0.3 is 18.9 Å². The van der Waals surface area contributed by atoms with Crippen molar-refractivity contribution in [2.45, 2.75) is 78.1 Å². The fraction of sp³-hybridized carbons (Fsp3) is 0.484. The van der Waals surface area contributed by atoms with Crippen molar-refractivity contribution >= 4 is 11.9 Å². The minimum atomic E-state index is -0.403. The summed E-state index contributed by atoms with van der Waals surface area (Å²) >= 11 is 0. The molecule has 37 heavy (non-hydrogen) atoms. The minimum Gasteiger partial charge on any atom is -0.494 e. The number of carbonyl (C=O) groups excluding carboxylic acids is 2. The fourth-order valence-electron chi connectivity index (χ4n) is 3.53. The van der Waals surface area contributed by atoms with E-state index in [4.69, 9.17) is 18.9 Å². The van der Waals surface area contributed by atoms with Crippen LogP contribution in [-0.2, 0) is 9.53 Å². The molecule has 0 aliphatic carbocycles. The average molecular weight is 511 g/mol. The predicted molar refractivity (Wildman–Crippen MR) is 146 cm³/mol. The highest BCUT2D eigenvalue weighted by atomic mass is 16.5. The first-order chi connectivity index (χ1) is 18.0. The SMILES string of the molecule is C=C(C)C(=O)OCCCCCCCCCCOc1ccc(OC(=O)c2ccc(OCCCC)cc2)cc1. The maximum absolute atomic E-state index is 12.4. The van der Waals surface area contributed by atoms with Gasteiger partial charge in [-0.05, 0) is 74.7 Å². The van der Waals surface area contributed by atoms with E-state index in [-0.39, 0.29) is 5.97 Å². The van der Waals surface area contributed by atoms with Crippen LogP contribution in [0.5, 0.6) is 17.2 Å². The van der Waals surface area contributed by atoms with E-state index in [0.717, 1.165) is 56.4 Å². The molecule has 6 heteroatoms. The summed E-state index contributed by atoms with van der Waals surface area (Å²) in [5, 5.41) is 0. The lowest BCUT2D eigenvalue weighted by Gasteiger charge is -2.09. The highest BCUT2D eigenvalue weighted by Crippen LogP contribution is 2.20. The molecular weight excluding hydrogens is 468 g/mol. The third kappa shape index (κ3) is 13.0. The summed E-state index contributed by atoms with van der Waals surface area (Å²) in [6, 6.07) is 14.1. The Morgan fingerprint density at radius 1 is 0.649 bits per heavy atom. The van der Waals surface area contributed by atoms with Crippen LogP contribution in [0.15, 0.2) is 60.7 Å². The number of esters is 2. The molecule has 0 saturated carbocycles. The number of hydrogen-bond acceptors (Lipinski definition) is 6. The molecule has 2 aromatic carbocycles. The molecule has 0 aromatic heterocycles. The van der Waals surface area contributed by atoms with Crippen molar-refractivity contribution in [2.75, 3.05) is 19.8 Å². The maximum atomic E-state index is 12.4. The van der Waals surface area contributed by atoms with Crippen LogP contribution in [0.4, 0.5) is 0 Å². The van der Waals surface area contributed by atoms with Gasteiger partial charge in [0.05, 0.1) is 25.4 Å². The minimum absolute atomic E-state index is 0.299. The normalized spacial score (nSPS) is 10.5. The largest absolute Gasteiger partial charge is 0.494 e. The molecule has 2 aromatic rings. The second kappa shape index (κ2) is 18.0. The second-order valence-corrected chi connectivity index (χ2v) is 9.18. The quantitative estimate of drug-likeness (QED) is 0.0834. The van der Waals surface area contributed by atoms with Crippen molar-refractivity contribution in [3.63, 3.8) is 0 Å². The van der Waals surface area contributed by atoms with Gasteiger partial charge in [0.25, 0.3) is 0 Å². The molecular formula is C31H42O6. The summed E-state index contributed by atoms with van der Waals surface area (Å²) in [6.45, 7) is 9.17. The van der Waals surface area contributed by atoms with E-state index in [9.17, 15) is 9.59 Å². The lowest BCUT2D eigenvalue weighted by Crippen LogP contribution is -2.08. The average Bonchev–Trinajstić information content (AvgIpc) is 2.90. The first-order valence-electron chi connectivity index (χ1n) is 13.5. The Labute approximate surface area is 222 Å². The number of hydrogen-bond donors (Lipinski definition) is 0. The maximum Gasteiger partial charge on any atom is 0.343 e. The van der Waals surface area contributed by atoms with E-state index in [1.807, 2.05) is 12.1 Å². The molecule has 6 nitrogen and oxygen atoms in total. The molecule has 0 radical (unpaired) electrons. The summed E-state index contributed by atoms with van der Waals surface area (Å²) in [6.07, 6.45) is 11.0. The van der Waals surface area contributed by atoms with E-state index in [2.05, 4.69) is 13.5 Å². The van der Waals surface area contributed by atoms with E-state index >= 15 is 0 Å². The Hall–Kier alpha value is -3.28. The smallest absolute Gasteiger partial charge is 0.343 e. The van der Waals surface area contributed by atoms with Crippen molar-refractivity contribution < 1.29 is 28.5 Å². The first kappa shape index (κ1) is 29.9. The first-order valence-corrected chi connectivity index (χ1v) is 13.5. The van der Waals surface area contributed by atoms with Crippen LogP contribution in [0.2, 0.25) is 0 Å². The van der Waals surface area contributed by atoms with Crippen LogP contribution in [0.25, 0.3) is 0 Å². The van der Waals surface area contributed by atoms with E-state index in [1.54, 1.807) is 43.3 Å². The molecule has 0 aliphatic rings. The fourth-order valence-corrected chi connectivity index (χ4v) is 3.53. The van der Waals surface area contributed by atoms with Gasteiger partial charge in [-0.25, -0.2) is 9.59 Å². The standard InChI is InChI=1S/C31H42O6/c1-4-5-22-34-27-16-14-26(15-17-27)31(33)37-29-20-18-28(19-21-29)35-23-12-10-8-6-7-9-11-13-24-36-30(32)25(2)3/h14-21H,2,4-13,22-24H2,1,3H3. The van der Waals surface area contributed by atoms with Crippen molar-refractivity contribution in [1.82, 2.24) is 0 Å². The molecule has 0 aliphatic heterocycles. The Bertz CT molecular complexity index is 933. The van der Waals surface area contributed by atoms with Gasteiger partial charge in [-0.1, -0.05) is 58.4 Å². The summed E-state index contributed by atoms with van der Waals surface area (Å²) in [5.74, 6) is 1.30. The summed E-state index contributed by atoms with van der Waals surface area (Å²) < 4.78 is 22.0. The molecule has 0 unspecified atom stereocenters. The van der Waals surface area contributed by atoms with Gasteiger partial charge in [0.2, 0.25) is 0 Å². The van der Waals surface area contributed by atoms with Crippen molar-refractivity contribution in [2.24, 2.45) is 0 Å². The highest BCUT2D eigenvalue weighted by Gasteiger charge is 2.09. The molecule has 0 spiro atoms. The van der Waals surface area contributed by atoms with Gasteiger partial charge in [0.1, 0.15) is 17.2 Å². The molecule has 0 heterocycles. The van der Waals surface area contributed by atoms with Gasteiger partial charge in [-0.2, -0.15) is 0 Å². The third-order valence-corrected chi connectivity index (χ3v) is 5.78. The van der Waals surface area contributed by atoms with Gasteiger partial charge in [0, 0.05) is 5.57 Å². The molecule has 0 saturated heterocycles. The van der Waals surface area contributed by atoms with Crippen LogP contribution >= 0.6 is 0 Å². The summed E-state index contributed by atoms with van der Waals surface area (Å²) in [4.78, 5) is 23.7. The Morgan fingerprint density at radius 2 is 1.11 bits per heavy atom. The Kier molecular flexibility index (Phi) is 14.6. The van der Waals surface area contributed by atoms with E-state index in [1.165, 1.54) is 19.3 Å². The molecule has 0 bridgehead atoms. The van der Waals surface area contributed by atoms with Crippen LogP contribution < -0.4 is 14.2 Å². The van der Waals surface area contributed by atoms with Crippen LogP contribution in [-0.4, -0.2) is 31.8 Å². The second-order valence-electron chi connectivity index (χ2n) is 9.18. The molecule has 0 amide bonds. The van der Waals surface area contributed by atoms with E-state index < -0.39 is 5.97 Å². The van der Waals surface area contributed by atoms with Gasteiger partial charge >= 0.3 is 11.9 Å². The van der Waals surface area contributed by atoms with E-state index in [0.29, 0.717) is 36.7 Å². The number of rotatable bonds is 19. The molecule has 0 atom stereocenters. The van der Waals surface area contributed by atoms with Gasteiger partial charge in [-0.3, -0.25) is 0 Å². The zero-order valence-electron chi connectivity index (χ0n) is 22.5. The number of unbranched alkanes of at least 4 members (excludes halogenated alkanes) is 8. The van der Waals surface area contributed by atoms with Crippen LogP contribution in [0, 0.1) is 0 Å². The summed E-state index contributed by atoms with van der Waals surface area (Å²) in [5.41, 5.74) is 0.931. The molecule has 0 N–H and O–H groups in total. The highest BCUT2D eigenvalue weighted by molar-refractivity contribution is 5.91. The van der Waals surface area contributed by atoms with Crippen molar-refractivity contribution in [1.29, 1.82) is 0 Å². The topological polar surface area (TPSA) is 71.1 Å². The molecule has 202 valence electrons. The molecule has 0 fully saturated rings. The van der Waals surface area contributed by atoms with Gasteiger partial charge in [-0.15, -0.1) is 0 Å². The third-order valence-electron chi connectivity index (χ3n) is 5.78. The predicted octanol–water partition coefficient (Wildman–Crippen LogP) is 7.70. The Balaban J connectivity index is 1.52. The molecule has 2 rings (SSSR count). The van der Waals surface area contributed by atoms with Crippen molar-refractivity contribution in [3.05, 3.63) is 66.2 Å². The van der Waals surface area contributed by atoms with Crippen molar-refractivity contribution in [3.8, 4) is 17.2 Å². The number of carbonyl (C=O) groups is 2. The number of ether oxygens (including phenoxy) is 4. The zero-order valence-corrected chi connectivity index (χ0v) is 22.5. The lowest BCUT2D eigenvalue weighted by molar-refractivity contribution is -0.139. The Morgan fingerprint density at radius 3 is 1.65 bits per heavy atom.